The number of carbonyl (C=O) groups excluding carboxylic acids is 8. The maximum Gasteiger partial charge on any atom is 0.373 e. The lowest BCUT2D eigenvalue weighted by atomic mass is 9.88. The van der Waals surface area contributed by atoms with E-state index in [-0.39, 0.29) is 78.5 Å². The number of hydrogen-bond donors (Lipinski definition) is 2. The minimum Gasteiger partial charge on any atom is -0.458 e. The van der Waals surface area contributed by atoms with Gasteiger partial charge in [-0.1, -0.05) is 75.2 Å². The molecule has 1 aromatic rings. The Morgan fingerprint density at radius 2 is 0.968 bits per heavy atom. The van der Waals surface area contributed by atoms with E-state index in [4.69, 9.17) is 42.3 Å². The molecule has 0 fully saturated rings. The highest BCUT2D eigenvalue weighted by Crippen LogP contribution is 2.24. The maximum atomic E-state index is 12.5. The molecular formula is C43H71BrN2O15S. The van der Waals surface area contributed by atoms with E-state index in [2.05, 4.69) is 68.1 Å². The number of rotatable bonds is 21. The Kier molecular flexibility index (Phi) is 32.2. The van der Waals surface area contributed by atoms with Gasteiger partial charge in [-0.2, -0.15) is 27.6 Å². The number of esters is 2. The average Bonchev–Trinajstić information content (AvgIpc) is 3.10. The van der Waals surface area contributed by atoms with E-state index in [0.29, 0.717) is 26.1 Å². The molecule has 0 saturated carbocycles. The molecule has 19 heteroatoms. The lowest BCUT2D eigenvalue weighted by molar-refractivity contribution is -0.193. The number of alkyl halides is 1. The van der Waals surface area contributed by atoms with Gasteiger partial charge < -0.3 is 29.6 Å². The molecule has 2 N–H and O–H groups in total. The molecule has 2 amide bonds. The van der Waals surface area contributed by atoms with Crippen molar-refractivity contribution in [3.05, 3.63) is 29.8 Å². The molecule has 0 aliphatic rings. The minimum atomic E-state index is -3.85. The number of amides is 2. The number of aryl methyl sites for hydroxylation is 1. The second-order valence-corrected chi connectivity index (χ2v) is 20.6. The lowest BCUT2D eigenvalue weighted by Gasteiger charge is -2.26. The fraction of sp³-hybridized carbons (Fsp3) is 0.721. The zero-order valence-electron chi connectivity index (χ0n) is 38.9. The van der Waals surface area contributed by atoms with Crippen LogP contribution in [0.1, 0.15) is 127 Å². The summed E-state index contributed by atoms with van der Waals surface area (Å²) in [6, 6.07) is 5.00. The first-order valence-electron chi connectivity index (χ1n) is 20.1. The average molecular weight is 968 g/mol. The van der Waals surface area contributed by atoms with Gasteiger partial charge in [-0.25, -0.2) is 9.59 Å². The van der Waals surface area contributed by atoms with Crippen molar-refractivity contribution >= 4 is 62.1 Å². The summed E-state index contributed by atoms with van der Waals surface area (Å²) in [6.45, 7) is 26.0. The summed E-state index contributed by atoms with van der Waals surface area (Å²) in [5.74, 6) is -1.37. The summed E-state index contributed by atoms with van der Waals surface area (Å²) in [6.07, 6.45) is 3.35. The van der Waals surface area contributed by atoms with Gasteiger partial charge in [-0.3, -0.25) is 13.8 Å². The van der Waals surface area contributed by atoms with E-state index in [1.165, 1.54) is 12.1 Å². The molecule has 17 nitrogen and oxygen atoms in total. The molecule has 356 valence electrons. The molecule has 62 heavy (non-hydrogen) atoms. The van der Waals surface area contributed by atoms with Crippen LogP contribution in [0.2, 0.25) is 0 Å². The van der Waals surface area contributed by atoms with Crippen molar-refractivity contribution in [3.63, 3.8) is 0 Å². The fourth-order valence-corrected chi connectivity index (χ4v) is 5.62. The molecule has 0 unspecified atom stereocenters. The van der Waals surface area contributed by atoms with Crippen LogP contribution in [0.4, 0.5) is 0 Å². The van der Waals surface area contributed by atoms with Gasteiger partial charge in [-0.15, -0.1) is 0 Å². The van der Waals surface area contributed by atoms with Crippen molar-refractivity contribution in [2.75, 3.05) is 38.4 Å². The highest BCUT2D eigenvalue weighted by atomic mass is 79.9. The molecule has 0 heterocycles. The largest absolute Gasteiger partial charge is 0.458 e. The van der Waals surface area contributed by atoms with Crippen LogP contribution >= 0.6 is 15.9 Å². The summed E-state index contributed by atoms with van der Waals surface area (Å²) in [5, 5.41) is 6.25. The Balaban J connectivity index is -0.00000104. The smallest absolute Gasteiger partial charge is 0.373 e. The predicted octanol–water partition coefficient (Wildman–Crippen LogP) is 6.03. The minimum absolute atomic E-state index is 0.00696. The molecule has 0 aliphatic carbocycles. The molecule has 1 rings (SSSR count). The quantitative estimate of drug-likeness (QED) is 0.0618. The Labute approximate surface area is 377 Å². The number of hydrogen-bond acceptors (Lipinski definition) is 15. The third-order valence-corrected chi connectivity index (χ3v) is 9.01. The molecule has 0 radical (unpaired) electrons. The maximum absolute atomic E-state index is 12.5. The molecule has 0 saturated heterocycles. The van der Waals surface area contributed by atoms with Crippen LogP contribution in [0, 0.1) is 17.8 Å². The zero-order valence-corrected chi connectivity index (χ0v) is 41.3. The topological polar surface area (TPSA) is 241 Å². The number of halogens is 1. The second-order valence-electron chi connectivity index (χ2n) is 18.2. The first-order chi connectivity index (χ1) is 28.4. The van der Waals surface area contributed by atoms with Crippen LogP contribution in [-0.4, -0.2) is 106 Å². The molecule has 0 bridgehead atoms. The highest BCUT2D eigenvalue weighted by molar-refractivity contribution is 9.09. The van der Waals surface area contributed by atoms with Crippen LogP contribution in [0.25, 0.3) is 0 Å². The highest BCUT2D eigenvalue weighted by Gasteiger charge is 2.29. The standard InChI is InChI=1S/C24H39NO7S.C17H32BrNO4.2CO2/c1-18-8-10-19(11-9-18)33(28,29)31-17-16-30-15-13-21(26)25-20(12-14-23(2,3)4)22(27)32-24(5,6)7;1-16(2,3)9-7-13(15(21)23-17(4,5)6)19-14(20)8-11-22-12-10-18;2*2-1-3/h8-11,20H,12-17H2,1-7H3,(H,25,26);13H,7-12H2,1-6H3,(H,19,20);;/t20-;13-;;/m00../s1. The van der Waals surface area contributed by atoms with Gasteiger partial charge in [0.1, 0.15) is 23.3 Å². The molecule has 2 atom stereocenters. The van der Waals surface area contributed by atoms with Gasteiger partial charge in [0.05, 0.1) is 37.9 Å². The predicted molar refractivity (Wildman–Crippen MR) is 232 cm³/mol. The van der Waals surface area contributed by atoms with E-state index in [9.17, 15) is 27.6 Å². The van der Waals surface area contributed by atoms with E-state index < -0.39 is 39.4 Å². The molecule has 0 aromatic heterocycles. The fourth-order valence-electron chi connectivity index (χ4n) is 4.50. The number of carbonyl (C=O) groups is 4. The SMILES string of the molecule is CC(C)(C)CC[C@H](NC(=O)CCOCCBr)C(=O)OC(C)(C)C.Cc1ccc(S(=O)(=O)OCCOCCC(=O)N[C@@H](CCC(C)(C)C)C(=O)OC(C)(C)C)cc1.O=C=O.O=C=O. The van der Waals surface area contributed by atoms with Crippen molar-refractivity contribution < 1.29 is 69.9 Å². The molecule has 1 aromatic carbocycles. The zero-order chi connectivity index (χ0) is 48.8. The van der Waals surface area contributed by atoms with Gasteiger partial charge in [-0.05, 0) is 97.1 Å². The summed E-state index contributed by atoms with van der Waals surface area (Å²) in [7, 11) is -3.85. The summed E-state index contributed by atoms with van der Waals surface area (Å²) < 4.78 is 50.6. The number of nitrogens with one attached hydrogen (secondary N) is 2. The van der Waals surface area contributed by atoms with Gasteiger partial charge in [0.25, 0.3) is 10.1 Å². The monoisotopic (exact) mass is 966 g/mol. The molecular weight excluding hydrogens is 896 g/mol. The Bertz CT molecular complexity index is 1620. The first kappa shape index (κ1) is 62.5. The van der Waals surface area contributed by atoms with Gasteiger partial charge >= 0.3 is 24.2 Å². The van der Waals surface area contributed by atoms with E-state index in [0.717, 1.165) is 23.7 Å². The van der Waals surface area contributed by atoms with Crippen LogP contribution in [0.15, 0.2) is 29.2 Å². The number of ether oxygens (including phenoxy) is 4. The lowest BCUT2D eigenvalue weighted by Crippen LogP contribution is -2.44. The third-order valence-electron chi connectivity index (χ3n) is 7.36. The molecule has 0 aliphatic heterocycles. The number of benzene rings is 1. The van der Waals surface area contributed by atoms with Crippen LogP contribution in [-0.2, 0) is 71.6 Å². The normalized spacial score (nSPS) is 12.4. The first-order valence-corrected chi connectivity index (χ1v) is 22.6. The Morgan fingerprint density at radius 3 is 1.29 bits per heavy atom. The van der Waals surface area contributed by atoms with Crippen molar-refractivity contribution in [1.29, 1.82) is 0 Å². The Hall–Kier alpha value is -3.83. The van der Waals surface area contributed by atoms with Crippen LogP contribution < -0.4 is 10.6 Å². The van der Waals surface area contributed by atoms with Gasteiger partial charge in [0.15, 0.2) is 0 Å². The second kappa shape index (κ2) is 31.9. The van der Waals surface area contributed by atoms with Crippen molar-refractivity contribution in [3.8, 4) is 0 Å². The molecule has 0 spiro atoms. The van der Waals surface area contributed by atoms with Gasteiger partial charge in [0.2, 0.25) is 11.8 Å². The van der Waals surface area contributed by atoms with Crippen molar-refractivity contribution in [2.45, 2.75) is 157 Å². The van der Waals surface area contributed by atoms with Crippen LogP contribution in [0.5, 0.6) is 0 Å². The van der Waals surface area contributed by atoms with Crippen molar-refractivity contribution in [1.82, 2.24) is 10.6 Å². The van der Waals surface area contributed by atoms with E-state index in [1.807, 2.05) is 27.7 Å². The van der Waals surface area contributed by atoms with Crippen LogP contribution in [0.3, 0.4) is 0 Å². The van der Waals surface area contributed by atoms with E-state index in [1.54, 1.807) is 32.9 Å². The summed E-state index contributed by atoms with van der Waals surface area (Å²) >= 11 is 3.26. The third kappa shape index (κ3) is 39.0. The van der Waals surface area contributed by atoms with Crippen molar-refractivity contribution in [2.24, 2.45) is 10.8 Å². The summed E-state index contributed by atoms with van der Waals surface area (Å²) in [4.78, 5) is 81.7. The summed E-state index contributed by atoms with van der Waals surface area (Å²) in [5.41, 5.74) is -0.176. The van der Waals surface area contributed by atoms with E-state index >= 15 is 0 Å². The van der Waals surface area contributed by atoms with Gasteiger partial charge in [0, 0.05) is 18.2 Å². The Morgan fingerprint density at radius 1 is 0.613 bits per heavy atom.